The van der Waals surface area contributed by atoms with Crippen molar-refractivity contribution in [2.45, 2.75) is 25.8 Å². The zero-order valence-corrected chi connectivity index (χ0v) is 10.2. The van der Waals surface area contributed by atoms with E-state index in [2.05, 4.69) is 5.10 Å². The maximum Gasteiger partial charge on any atom is 0.0492 e. The molecule has 1 aromatic rings. The van der Waals surface area contributed by atoms with Crippen LogP contribution in [0.15, 0.2) is 12.3 Å². The number of hydrogen-bond donors (Lipinski definition) is 1. The first-order valence-corrected chi connectivity index (χ1v) is 6.66. The van der Waals surface area contributed by atoms with E-state index in [1.807, 2.05) is 24.7 Å². The maximum atomic E-state index is 11.6. The Hall–Kier alpha value is -0.680. The lowest BCUT2D eigenvalue weighted by molar-refractivity contribution is 0.664. The Bertz CT molecular complexity index is 322. The van der Waals surface area contributed by atoms with Gasteiger partial charge in [0.1, 0.15) is 0 Å². The van der Waals surface area contributed by atoms with Crippen molar-refractivity contribution in [1.82, 2.24) is 9.78 Å². The number of nitrogens with two attached hydrogens (primary N) is 1. The molecule has 1 aromatic heterocycles. The number of aromatic nitrogens is 2. The highest BCUT2D eigenvalue weighted by Crippen LogP contribution is 2.00. The Labute approximate surface area is 93.3 Å². The number of hydrogen-bond acceptors (Lipinski definition) is 3. The predicted molar refractivity (Wildman–Crippen MR) is 63.1 cm³/mol. The quantitative estimate of drug-likeness (QED) is 0.770. The van der Waals surface area contributed by atoms with Gasteiger partial charge in [0, 0.05) is 53.7 Å². The molecule has 2 atom stereocenters. The summed E-state index contributed by atoms with van der Waals surface area (Å²) in [5.41, 5.74) is 6.74. The lowest BCUT2D eigenvalue weighted by Gasteiger charge is -2.05. The highest BCUT2D eigenvalue weighted by molar-refractivity contribution is 7.84. The van der Waals surface area contributed by atoms with Gasteiger partial charge in [-0.2, -0.15) is 5.10 Å². The molecule has 0 fully saturated rings. The fraction of sp³-hybridized carbons (Fsp3) is 0.700. The van der Waals surface area contributed by atoms with Crippen LogP contribution in [0.25, 0.3) is 0 Å². The predicted octanol–water partition coefficient (Wildman–Crippen LogP) is 0.449. The molecule has 0 spiro atoms. The Morgan fingerprint density at radius 1 is 1.60 bits per heavy atom. The lowest BCUT2D eigenvalue weighted by Crippen LogP contribution is -2.19. The molecule has 86 valence electrons. The second-order valence-corrected chi connectivity index (χ2v) is 5.51. The van der Waals surface area contributed by atoms with Crippen LogP contribution in [0.2, 0.25) is 0 Å². The van der Waals surface area contributed by atoms with E-state index in [4.69, 9.17) is 5.73 Å². The monoisotopic (exact) mass is 229 g/mol. The number of nitrogens with zero attached hydrogens (tertiary/aromatic N) is 2. The maximum absolute atomic E-state index is 11.6. The van der Waals surface area contributed by atoms with Crippen molar-refractivity contribution in [2.24, 2.45) is 12.8 Å². The molecule has 4 nitrogen and oxygen atoms in total. The van der Waals surface area contributed by atoms with Gasteiger partial charge in [-0.3, -0.25) is 8.89 Å². The average molecular weight is 229 g/mol. The molecule has 0 aliphatic carbocycles. The molecule has 0 saturated heterocycles. The summed E-state index contributed by atoms with van der Waals surface area (Å²) in [5.74, 6) is 1.40. The van der Waals surface area contributed by atoms with Gasteiger partial charge in [0.15, 0.2) is 0 Å². The molecule has 1 rings (SSSR count). The normalized spacial score (nSPS) is 15.1. The van der Waals surface area contributed by atoms with E-state index in [9.17, 15) is 4.21 Å². The van der Waals surface area contributed by atoms with Crippen LogP contribution in [0.5, 0.6) is 0 Å². The van der Waals surface area contributed by atoms with E-state index < -0.39 is 10.8 Å². The van der Waals surface area contributed by atoms with E-state index in [0.29, 0.717) is 11.5 Å². The molecule has 0 aliphatic heterocycles. The fourth-order valence-corrected chi connectivity index (χ4v) is 2.56. The average Bonchev–Trinajstić information content (AvgIpc) is 2.58. The molecule has 2 N–H and O–H groups in total. The van der Waals surface area contributed by atoms with Crippen LogP contribution >= 0.6 is 0 Å². The van der Waals surface area contributed by atoms with E-state index in [-0.39, 0.29) is 6.04 Å². The van der Waals surface area contributed by atoms with Gasteiger partial charge >= 0.3 is 0 Å². The summed E-state index contributed by atoms with van der Waals surface area (Å²) in [6, 6.07) is 2.11. The number of rotatable bonds is 6. The molecule has 5 heteroatoms. The summed E-state index contributed by atoms with van der Waals surface area (Å²) in [4.78, 5) is 0. The Balaban J connectivity index is 2.26. The summed E-state index contributed by atoms with van der Waals surface area (Å²) in [5, 5.41) is 4.07. The summed E-state index contributed by atoms with van der Waals surface area (Å²) in [7, 11) is 1.15. The van der Waals surface area contributed by atoms with Gasteiger partial charge < -0.3 is 5.73 Å². The molecular formula is C10H19N3OS. The molecule has 0 aliphatic rings. The standard InChI is InChI=1S/C10H19N3OS/c1-9(11)4-7-15(14)8-5-10-3-6-12-13(10)2/h3,6,9H,4-5,7-8,11H2,1-2H3. The van der Waals surface area contributed by atoms with E-state index in [0.717, 1.165) is 18.5 Å². The molecular weight excluding hydrogens is 210 g/mol. The van der Waals surface area contributed by atoms with Gasteiger partial charge in [0.2, 0.25) is 0 Å². The first-order valence-electron chi connectivity index (χ1n) is 5.17. The first kappa shape index (κ1) is 12.4. The third-order valence-corrected chi connectivity index (χ3v) is 3.66. The van der Waals surface area contributed by atoms with Crippen molar-refractivity contribution in [2.75, 3.05) is 11.5 Å². The molecule has 0 amide bonds. The van der Waals surface area contributed by atoms with Crippen molar-refractivity contribution in [3.63, 3.8) is 0 Å². The fourth-order valence-electron chi connectivity index (χ4n) is 1.28. The van der Waals surface area contributed by atoms with Crippen LogP contribution in [0.3, 0.4) is 0 Å². The molecule has 0 radical (unpaired) electrons. The molecule has 0 bridgehead atoms. The minimum absolute atomic E-state index is 0.144. The van der Waals surface area contributed by atoms with Gasteiger partial charge in [-0.05, 0) is 19.4 Å². The molecule has 15 heavy (non-hydrogen) atoms. The molecule has 1 heterocycles. The van der Waals surface area contributed by atoms with Gasteiger partial charge in [0.05, 0.1) is 0 Å². The highest BCUT2D eigenvalue weighted by Gasteiger charge is 2.04. The zero-order valence-electron chi connectivity index (χ0n) is 9.35. The van der Waals surface area contributed by atoms with Gasteiger partial charge in [-0.1, -0.05) is 0 Å². The smallest absolute Gasteiger partial charge is 0.0492 e. The van der Waals surface area contributed by atoms with Crippen molar-refractivity contribution in [1.29, 1.82) is 0 Å². The third-order valence-electron chi connectivity index (χ3n) is 2.31. The van der Waals surface area contributed by atoms with Crippen molar-refractivity contribution in [3.05, 3.63) is 18.0 Å². The second kappa shape index (κ2) is 6.02. The SMILES string of the molecule is CC(N)CCS(=O)CCc1ccnn1C. The van der Waals surface area contributed by atoms with Crippen molar-refractivity contribution >= 4 is 10.8 Å². The van der Waals surface area contributed by atoms with Crippen LogP contribution in [-0.2, 0) is 24.3 Å². The van der Waals surface area contributed by atoms with E-state index in [1.54, 1.807) is 6.20 Å². The third kappa shape index (κ3) is 4.57. The van der Waals surface area contributed by atoms with Crippen LogP contribution in [0, 0.1) is 0 Å². The Kier molecular flexibility index (Phi) is 4.98. The van der Waals surface area contributed by atoms with Crippen LogP contribution in [0.1, 0.15) is 19.0 Å². The molecule has 0 saturated carbocycles. The van der Waals surface area contributed by atoms with E-state index in [1.165, 1.54) is 0 Å². The summed E-state index contributed by atoms with van der Waals surface area (Å²) in [6.07, 6.45) is 3.42. The summed E-state index contributed by atoms with van der Waals surface area (Å²) < 4.78 is 13.4. The Morgan fingerprint density at radius 2 is 2.33 bits per heavy atom. The second-order valence-electron chi connectivity index (χ2n) is 3.81. The first-order chi connectivity index (χ1) is 7.09. The largest absolute Gasteiger partial charge is 0.328 e. The van der Waals surface area contributed by atoms with Crippen LogP contribution < -0.4 is 5.73 Å². The molecule has 2 unspecified atom stereocenters. The Morgan fingerprint density at radius 3 is 2.87 bits per heavy atom. The highest BCUT2D eigenvalue weighted by atomic mass is 32.2. The number of aryl methyl sites for hydroxylation is 2. The molecule has 0 aromatic carbocycles. The van der Waals surface area contributed by atoms with Crippen LogP contribution in [0.4, 0.5) is 0 Å². The van der Waals surface area contributed by atoms with E-state index >= 15 is 0 Å². The van der Waals surface area contributed by atoms with Crippen molar-refractivity contribution in [3.8, 4) is 0 Å². The zero-order chi connectivity index (χ0) is 11.3. The topological polar surface area (TPSA) is 60.9 Å². The van der Waals surface area contributed by atoms with Gasteiger partial charge in [-0.15, -0.1) is 0 Å². The van der Waals surface area contributed by atoms with Crippen molar-refractivity contribution < 1.29 is 4.21 Å². The minimum Gasteiger partial charge on any atom is -0.328 e. The summed E-state index contributed by atoms with van der Waals surface area (Å²) >= 11 is 0. The van der Waals surface area contributed by atoms with Gasteiger partial charge in [0.25, 0.3) is 0 Å². The lowest BCUT2D eigenvalue weighted by atomic mass is 10.3. The minimum atomic E-state index is -0.755. The van der Waals surface area contributed by atoms with Crippen LogP contribution in [-0.4, -0.2) is 31.5 Å². The summed E-state index contributed by atoms with van der Waals surface area (Å²) in [6.45, 7) is 1.94. The van der Waals surface area contributed by atoms with Gasteiger partial charge in [-0.25, -0.2) is 0 Å².